The Morgan fingerprint density at radius 1 is 0.733 bits per heavy atom. The van der Waals surface area contributed by atoms with Gasteiger partial charge in [0.25, 0.3) is 5.56 Å². The molecule has 8 heteroatoms. The molecule has 0 unspecified atom stereocenters. The smallest absolute Gasteiger partial charge is 0.258 e. The Kier molecular flexibility index (Phi) is 3.04. The molecule has 0 fully saturated rings. The summed E-state index contributed by atoms with van der Waals surface area (Å²) in [5.74, 6) is -1.48. The van der Waals surface area contributed by atoms with Crippen LogP contribution in [-0.2, 0) is 5.41 Å². The van der Waals surface area contributed by atoms with Crippen molar-refractivity contribution in [3.8, 4) is 0 Å². The summed E-state index contributed by atoms with van der Waals surface area (Å²) in [4.78, 5) is 59.4. The van der Waals surface area contributed by atoms with Crippen molar-refractivity contribution in [3.05, 3.63) is 97.0 Å². The molecule has 1 aliphatic heterocycles. The molecular formula is C22H11N3O4S. The van der Waals surface area contributed by atoms with Gasteiger partial charge in [-0.3, -0.25) is 24.2 Å². The lowest BCUT2D eigenvalue weighted by Gasteiger charge is -2.33. The number of ketones is 3. The van der Waals surface area contributed by atoms with Crippen molar-refractivity contribution in [3.63, 3.8) is 0 Å². The lowest BCUT2D eigenvalue weighted by molar-refractivity contribution is 0.0800. The van der Waals surface area contributed by atoms with Crippen LogP contribution in [0.25, 0.3) is 5.70 Å². The highest BCUT2D eigenvalue weighted by molar-refractivity contribution is 7.71. The van der Waals surface area contributed by atoms with Gasteiger partial charge in [0.2, 0.25) is 0 Å². The van der Waals surface area contributed by atoms with Crippen molar-refractivity contribution in [2.45, 2.75) is 5.41 Å². The molecule has 30 heavy (non-hydrogen) atoms. The fraction of sp³-hybridized carbons (Fsp3) is 0.0455. The predicted octanol–water partition coefficient (Wildman–Crippen LogP) is 2.78. The van der Waals surface area contributed by atoms with Crippen molar-refractivity contribution in [2.75, 3.05) is 5.32 Å². The van der Waals surface area contributed by atoms with Crippen LogP contribution in [0.1, 0.15) is 42.2 Å². The van der Waals surface area contributed by atoms with Gasteiger partial charge in [-0.2, -0.15) is 0 Å². The van der Waals surface area contributed by atoms with Crippen LogP contribution in [0.2, 0.25) is 0 Å². The van der Waals surface area contributed by atoms with Gasteiger partial charge in [0, 0.05) is 22.3 Å². The van der Waals surface area contributed by atoms with Crippen LogP contribution in [0.5, 0.6) is 0 Å². The summed E-state index contributed by atoms with van der Waals surface area (Å²) in [5.41, 5.74) is -1.25. The molecule has 2 aliphatic carbocycles. The second-order valence-electron chi connectivity index (χ2n) is 7.36. The zero-order valence-electron chi connectivity index (χ0n) is 15.2. The van der Waals surface area contributed by atoms with Crippen LogP contribution in [0.3, 0.4) is 0 Å². The highest BCUT2D eigenvalue weighted by Crippen LogP contribution is 2.53. The molecule has 1 aromatic heterocycles. The van der Waals surface area contributed by atoms with Gasteiger partial charge >= 0.3 is 0 Å². The summed E-state index contributed by atoms with van der Waals surface area (Å²) < 4.78 is 0.0402. The minimum atomic E-state index is -2.07. The van der Waals surface area contributed by atoms with E-state index in [1.165, 1.54) is 12.1 Å². The summed E-state index contributed by atoms with van der Waals surface area (Å²) in [6, 6.07) is 13.2. The van der Waals surface area contributed by atoms with Gasteiger partial charge in [0.05, 0.1) is 16.8 Å². The maximum absolute atomic E-state index is 13.8. The van der Waals surface area contributed by atoms with E-state index in [9.17, 15) is 19.2 Å². The first-order valence-corrected chi connectivity index (χ1v) is 9.58. The number of fused-ring (bicyclic) bond motifs is 6. The topological polar surface area (TPSA) is 112 Å². The van der Waals surface area contributed by atoms with Gasteiger partial charge in [-0.15, -0.1) is 0 Å². The van der Waals surface area contributed by atoms with Crippen molar-refractivity contribution in [2.24, 2.45) is 0 Å². The third-order valence-corrected chi connectivity index (χ3v) is 6.16. The second-order valence-corrected chi connectivity index (χ2v) is 7.77. The Hall–Kier alpha value is -3.91. The summed E-state index contributed by atoms with van der Waals surface area (Å²) in [7, 11) is 0. The molecule has 7 nitrogen and oxygen atoms in total. The Bertz CT molecular complexity index is 1490. The Morgan fingerprint density at radius 2 is 1.30 bits per heavy atom. The second kappa shape index (κ2) is 5.37. The number of nitrogens with one attached hydrogen (secondary N) is 3. The van der Waals surface area contributed by atoms with E-state index in [0.29, 0.717) is 16.8 Å². The lowest BCUT2D eigenvalue weighted by atomic mass is 9.67. The highest BCUT2D eigenvalue weighted by atomic mass is 32.1. The molecule has 0 radical (unpaired) electrons. The minimum Gasteiger partial charge on any atom is -0.340 e. The van der Waals surface area contributed by atoms with Gasteiger partial charge < -0.3 is 10.3 Å². The Morgan fingerprint density at radius 3 is 1.93 bits per heavy atom. The standard InChI is InChI=1S/C22H11N3O4S/c26-16-10-6-2-1-5-9(10)15-13(16)22(14-19(23-15)24-21(30)25-20(14)29)17(27)11-7-3-4-8-12(11)18(22)28/h1-8H,(H3,23,24,25,29,30). The normalized spacial score (nSPS) is 17.5. The molecule has 0 saturated carbocycles. The summed E-state index contributed by atoms with van der Waals surface area (Å²) in [6.07, 6.45) is 0. The maximum atomic E-state index is 13.8. The Labute approximate surface area is 173 Å². The average Bonchev–Trinajstić information content (AvgIpc) is 3.14. The number of H-pyrrole nitrogens is 2. The lowest BCUT2D eigenvalue weighted by Crippen LogP contribution is -2.49. The van der Waals surface area contributed by atoms with E-state index >= 15 is 0 Å². The van der Waals surface area contributed by atoms with Crippen molar-refractivity contribution < 1.29 is 14.4 Å². The first-order valence-electron chi connectivity index (χ1n) is 9.18. The molecular weight excluding hydrogens is 402 g/mol. The third kappa shape index (κ3) is 1.73. The van der Waals surface area contributed by atoms with Crippen molar-refractivity contribution in [1.82, 2.24) is 9.97 Å². The number of aromatic amines is 2. The molecule has 6 rings (SSSR count). The van der Waals surface area contributed by atoms with Crippen LogP contribution in [0, 0.1) is 4.77 Å². The largest absolute Gasteiger partial charge is 0.340 e. The SMILES string of the molecule is O=C1C2=C(Nc3[nH]c(=S)[nH]c(=O)c3C23C(=O)c2ccccc2C3=O)c2ccccc21. The van der Waals surface area contributed by atoms with Gasteiger partial charge in [0.1, 0.15) is 5.82 Å². The van der Waals surface area contributed by atoms with E-state index in [1.807, 2.05) is 0 Å². The molecule has 1 spiro atoms. The van der Waals surface area contributed by atoms with E-state index in [2.05, 4.69) is 15.3 Å². The molecule has 0 atom stereocenters. The molecule has 2 heterocycles. The van der Waals surface area contributed by atoms with Gasteiger partial charge in [0.15, 0.2) is 27.5 Å². The van der Waals surface area contributed by atoms with Gasteiger partial charge in [-0.1, -0.05) is 48.5 Å². The van der Waals surface area contributed by atoms with E-state index in [1.54, 1.807) is 36.4 Å². The van der Waals surface area contributed by atoms with Crippen LogP contribution >= 0.6 is 12.2 Å². The summed E-state index contributed by atoms with van der Waals surface area (Å²) in [6.45, 7) is 0. The van der Waals surface area contributed by atoms with Crippen LogP contribution in [0.4, 0.5) is 5.82 Å². The van der Waals surface area contributed by atoms with E-state index in [-0.39, 0.29) is 32.9 Å². The molecule has 3 aliphatic rings. The number of rotatable bonds is 0. The summed E-state index contributed by atoms with van der Waals surface area (Å²) in [5, 5.41) is 3.06. The van der Waals surface area contributed by atoms with Gasteiger partial charge in [-0.05, 0) is 12.2 Å². The number of anilines is 1. The number of carbonyl (C=O) groups is 3. The van der Waals surface area contributed by atoms with Gasteiger partial charge in [-0.25, -0.2) is 0 Å². The van der Waals surface area contributed by atoms with Crippen LogP contribution in [-0.4, -0.2) is 27.3 Å². The minimum absolute atomic E-state index is 0.0154. The number of aromatic nitrogens is 2. The number of hydrogen-bond acceptors (Lipinski definition) is 6. The molecule has 0 saturated heterocycles. The van der Waals surface area contributed by atoms with E-state index in [0.717, 1.165) is 0 Å². The predicted molar refractivity (Wildman–Crippen MR) is 110 cm³/mol. The molecule has 3 aromatic rings. The average molecular weight is 413 g/mol. The molecule has 144 valence electrons. The molecule has 2 aromatic carbocycles. The molecule has 3 N–H and O–H groups in total. The monoisotopic (exact) mass is 413 g/mol. The number of carbonyl (C=O) groups excluding carboxylic acids is 3. The van der Waals surface area contributed by atoms with E-state index < -0.39 is 28.3 Å². The van der Waals surface area contributed by atoms with Crippen LogP contribution in [0.15, 0.2) is 58.9 Å². The number of allylic oxidation sites excluding steroid dienone is 1. The first-order chi connectivity index (χ1) is 14.5. The van der Waals surface area contributed by atoms with Crippen LogP contribution < -0.4 is 10.9 Å². The number of Topliss-reactive ketones (excluding diaryl/α,β-unsaturated/α-hetero) is 3. The van der Waals surface area contributed by atoms with Crippen molar-refractivity contribution in [1.29, 1.82) is 0 Å². The quantitative estimate of drug-likeness (QED) is 0.386. The third-order valence-electron chi connectivity index (χ3n) is 5.96. The maximum Gasteiger partial charge on any atom is 0.258 e. The fourth-order valence-corrected chi connectivity index (χ4v) is 4.99. The first kappa shape index (κ1) is 17.0. The van der Waals surface area contributed by atoms with Crippen molar-refractivity contribution >= 4 is 41.1 Å². The Balaban J connectivity index is 1.80. The zero-order valence-corrected chi connectivity index (χ0v) is 16.0. The fourth-order valence-electron chi connectivity index (χ4n) is 4.80. The summed E-state index contributed by atoms with van der Waals surface area (Å²) >= 11 is 5.09. The molecule has 0 amide bonds. The molecule has 0 bridgehead atoms. The number of hydrogen-bond donors (Lipinski definition) is 3. The zero-order chi connectivity index (χ0) is 20.8. The van der Waals surface area contributed by atoms with E-state index in [4.69, 9.17) is 12.2 Å². The number of benzene rings is 2. The highest BCUT2D eigenvalue weighted by Gasteiger charge is 2.64.